The van der Waals surface area contributed by atoms with E-state index in [1.165, 1.54) is 12.1 Å². The smallest absolute Gasteiger partial charge is 0.261 e. The summed E-state index contributed by atoms with van der Waals surface area (Å²) in [6.07, 6.45) is 2.42. The molecule has 2 aromatic rings. The van der Waals surface area contributed by atoms with E-state index in [9.17, 15) is 22.4 Å². The molecular weight excluding hydrogens is 574 g/mol. The monoisotopic (exact) mass is 607 g/mol. The quantitative estimate of drug-likeness (QED) is 0.185. The molecule has 0 unspecified atom stereocenters. The lowest BCUT2D eigenvalue weighted by Gasteiger charge is -2.41. The van der Waals surface area contributed by atoms with Crippen molar-refractivity contribution < 1.29 is 27.1 Å². The number of alkyl halides is 2. The number of benzene rings is 2. The van der Waals surface area contributed by atoms with E-state index in [0.717, 1.165) is 12.1 Å². The number of nitrogens with zero attached hydrogens (tertiary/aromatic N) is 3. The van der Waals surface area contributed by atoms with Gasteiger partial charge >= 0.3 is 0 Å². The molecule has 3 aliphatic rings. The Morgan fingerprint density at radius 2 is 2.05 bits per heavy atom. The van der Waals surface area contributed by atoms with E-state index in [1.807, 2.05) is 11.8 Å². The van der Waals surface area contributed by atoms with Crippen molar-refractivity contribution in [3.63, 3.8) is 0 Å². The van der Waals surface area contributed by atoms with Gasteiger partial charge in [0, 0.05) is 61.4 Å². The van der Waals surface area contributed by atoms with Gasteiger partial charge in [-0.2, -0.15) is 0 Å². The third-order valence-electron chi connectivity index (χ3n) is 8.14. The molecule has 0 spiro atoms. The normalized spacial score (nSPS) is 21.9. The number of carbonyl (C=O) groups excluding carboxylic acids is 1. The summed E-state index contributed by atoms with van der Waals surface area (Å²) in [5.74, 6) is -3.92. The molecule has 2 atom stereocenters. The minimum Gasteiger partial charge on any atom is -0.489 e. The molecule has 1 amide bonds. The largest absolute Gasteiger partial charge is 0.489 e. The first kappa shape index (κ1) is 30.2. The molecule has 7 nitrogen and oxygen atoms in total. The third-order valence-corrected chi connectivity index (χ3v) is 8.44. The first-order valence-corrected chi connectivity index (χ1v) is 14.4. The minimum absolute atomic E-state index is 0.0656. The number of amides is 1. The van der Waals surface area contributed by atoms with Gasteiger partial charge in [0.05, 0.1) is 23.3 Å². The van der Waals surface area contributed by atoms with Gasteiger partial charge in [-0.25, -0.2) is 17.6 Å². The number of hydrogen-bond donors (Lipinski definition) is 2. The number of rotatable bonds is 7. The van der Waals surface area contributed by atoms with Gasteiger partial charge in [-0.1, -0.05) is 18.2 Å². The number of likely N-dealkylation sites (tertiary alicyclic amines) is 1. The molecule has 2 saturated heterocycles. The maximum atomic E-state index is 14.9. The van der Waals surface area contributed by atoms with Crippen molar-refractivity contribution in [2.75, 3.05) is 51.2 Å². The highest BCUT2D eigenvalue weighted by Crippen LogP contribution is 2.47. The minimum atomic E-state index is -2.65. The Balaban J connectivity index is 1.43. The molecule has 226 valence electrons. The van der Waals surface area contributed by atoms with Gasteiger partial charge in [0.25, 0.3) is 5.92 Å². The number of carbonyl (C=O) groups is 1. The van der Waals surface area contributed by atoms with Crippen LogP contribution < -0.4 is 10.1 Å². The lowest BCUT2D eigenvalue weighted by molar-refractivity contribution is -0.128. The van der Waals surface area contributed by atoms with Gasteiger partial charge < -0.3 is 19.9 Å². The third kappa shape index (κ3) is 6.22. The predicted molar refractivity (Wildman–Crippen MR) is 155 cm³/mol. The number of hydrogen-bond acceptors (Lipinski definition) is 5. The van der Waals surface area contributed by atoms with Crippen molar-refractivity contribution in [2.45, 2.75) is 44.2 Å². The number of halogens is 5. The fourth-order valence-electron chi connectivity index (χ4n) is 5.96. The number of fused-ring (bicyclic) bond motifs is 1. The van der Waals surface area contributed by atoms with Gasteiger partial charge in [0.2, 0.25) is 5.91 Å². The van der Waals surface area contributed by atoms with E-state index in [4.69, 9.17) is 21.7 Å². The average Bonchev–Trinajstić information content (AvgIpc) is 3.30. The highest BCUT2D eigenvalue weighted by molar-refractivity contribution is 6.34. The molecule has 2 N–H and O–H groups in total. The van der Waals surface area contributed by atoms with Crippen LogP contribution in [0.4, 0.5) is 23.2 Å². The number of anilines is 1. The topological polar surface area (TPSA) is 71.9 Å². The number of piperazine rings is 1. The summed E-state index contributed by atoms with van der Waals surface area (Å²) >= 11 is 6.72. The van der Waals surface area contributed by atoms with Crippen molar-refractivity contribution in [1.82, 2.24) is 14.7 Å². The molecule has 0 radical (unpaired) electrons. The molecule has 0 bridgehead atoms. The van der Waals surface area contributed by atoms with E-state index in [0.29, 0.717) is 56.8 Å². The fourth-order valence-corrected chi connectivity index (χ4v) is 6.26. The zero-order chi connectivity index (χ0) is 30.2. The highest BCUT2D eigenvalue weighted by atomic mass is 35.5. The molecule has 3 aliphatic heterocycles. The van der Waals surface area contributed by atoms with E-state index in [2.05, 4.69) is 11.9 Å². The van der Waals surface area contributed by atoms with Crippen LogP contribution in [0.5, 0.6) is 5.75 Å². The molecule has 2 fully saturated rings. The molecule has 5 rings (SSSR count). The van der Waals surface area contributed by atoms with Gasteiger partial charge in [0.15, 0.2) is 5.75 Å². The average molecular weight is 608 g/mol. The van der Waals surface area contributed by atoms with E-state index < -0.39 is 17.6 Å². The Hall–Kier alpha value is -3.31. The zero-order valence-electron chi connectivity index (χ0n) is 23.4. The van der Waals surface area contributed by atoms with Crippen molar-refractivity contribution in [1.29, 1.82) is 5.41 Å². The summed E-state index contributed by atoms with van der Waals surface area (Å²) in [6.45, 7) is 7.57. The van der Waals surface area contributed by atoms with Crippen LogP contribution in [0, 0.1) is 17.0 Å². The van der Waals surface area contributed by atoms with Crippen LogP contribution >= 0.6 is 11.6 Å². The summed E-state index contributed by atoms with van der Waals surface area (Å²) in [6, 6.07) is 4.43. The lowest BCUT2D eigenvalue weighted by atomic mass is 9.96. The maximum Gasteiger partial charge on any atom is 0.261 e. The van der Waals surface area contributed by atoms with Crippen molar-refractivity contribution in [2.24, 2.45) is 0 Å². The Kier molecular flexibility index (Phi) is 8.71. The van der Waals surface area contributed by atoms with E-state index in [1.54, 1.807) is 15.9 Å². The Morgan fingerprint density at radius 1 is 1.26 bits per heavy atom. The lowest BCUT2D eigenvalue weighted by Crippen LogP contribution is -2.55. The van der Waals surface area contributed by atoms with Gasteiger partial charge in [-0.3, -0.25) is 15.1 Å². The molecule has 0 aliphatic carbocycles. The highest BCUT2D eigenvalue weighted by Gasteiger charge is 2.38. The van der Waals surface area contributed by atoms with Crippen LogP contribution in [0.2, 0.25) is 5.02 Å². The standard InChI is InChI=1S/C30H34ClF4N5O2/c1-3-25(41)39-11-12-40(18(2)15-39)29(36)22-14-23(31)26(21-7-6-19(32)13-24(21)33)28-27(22)37-20(16-42-28)5-4-9-38-10-8-30(34,35)17-38/h3,6-7,13-14,18,20,36-37H,1,4-5,8-12,15-17H2,2H3/t18-,20+/m0/s1. The molecule has 42 heavy (non-hydrogen) atoms. The van der Waals surface area contributed by atoms with Crippen LogP contribution in [-0.4, -0.2) is 90.3 Å². The SMILES string of the molecule is C=CC(=O)N1CCN(C(=N)c2cc(Cl)c(-c3ccc(F)cc3F)c3c2N[C@H](CCCN2CCC(F)(F)C2)CO3)[C@@H](C)C1. The summed E-state index contributed by atoms with van der Waals surface area (Å²) in [5.41, 5.74) is 1.22. The molecule has 0 aromatic heterocycles. The van der Waals surface area contributed by atoms with Gasteiger partial charge in [-0.15, -0.1) is 0 Å². The van der Waals surface area contributed by atoms with Crippen molar-refractivity contribution >= 4 is 29.0 Å². The van der Waals surface area contributed by atoms with Crippen molar-refractivity contribution in [3.8, 4) is 16.9 Å². The first-order chi connectivity index (χ1) is 20.0. The van der Waals surface area contributed by atoms with Gasteiger partial charge in [0.1, 0.15) is 24.1 Å². The summed E-state index contributed by atoms with van der Waals surface area (Å²) in [7, 11) is 0. The van der Waals surface area contributed by atoms with Crippen molar-refractivity contribution in [3.05, 3.63) is 59.1 Å². The number of ether oxygens (including phenoxy) is 1. The molecule has 0 saturated carbocycles. The zero-order valence-corrected chi connectivity index (χ0v) is 24.1. The van der Waals surface area contributed by atoms with Crippen LogP contribution in [-0.2, 0) is 4.79 Å². The first-order valence-electron chi connectivity index (χ1n) is 14.1. The fraction of sp³-hybridized carbons (Fsp3) is 0.467. The van der Waals surface area contributed by atoms with Crippen LogP contribution in [0.1, 0.15) is 31.7 Å². The van der Waals surface area contributed by atoms with Crippen LogP contribution in [0.15, 0.2) is 36.9 Å². The van der Waals surface area contributed by atoms with Crippen LogP contribution in [0.25, 0.3) is 11.1 Å². The number of nitrogens with one attached hydrogen (secondary N) is 2. The second kappa shape index (κ2) is 12.1. The Bertz CT molecular complexity index is 1390. The van der Waals surface area contributed by atoms with Gasteiger partial charge in [-0.05, 0) is 50.6 Å². The Morgan fingerprint density at radius 3 is 2.71 bits per heavy atom. The summed E-state index contributed by atoms with van der Waals surface area (Å²) in [4.78, 5) is 17.5. The number of amidine groups is 1. The van der Waals surface area contributed by atoms with Crippen LogP contribution in [0.3, 0.4) is 0 Å². The van der Waals surface area contributed by atoms with E-state index in [-0.39, 0.29) is 65.3 Å². The second-order valence-corrected chi connectivity index (χ2v) is 11.6. The van der Waals surface area contributed by atoms with E-state index >= 15 is 0 Å². The molecular formula is C30H34ClF4N5O2. The molecule has 12 heteroatoms. The summed E-state index contributed by atoms with van der Waals surface area (Å²) < 4.78 is 62.1. The predicted octanol–water partition coefficient (Wildman–Crippen LogP) is 5.62. The second-order valence-electron chi connectivity index (χ2n) is 11.2. The maximum absolute atomic E-state index is 14.9. The Labute approximate surface area is 247 Å². The summed E-state index contributed by atoms with van der Waals surface area (Å²) in [5, 5.41) is 12.8. The molecule has 2 aromatic carbocycles. The molecule has 3 heterocycles.